The molecule has 0 N–H and O–H groups in total. The van der Waals surface area contributed by atoms with Crippen LogP contribution in [0.3, 0.4) is 0 Å². The Bertz CT molecular complexity index is 844. The summed E-state index contributed by atoms with van der Waals surface area (Å²) in [6, 6.07) is 15.2. The Balaban J connectivity index is 2.18. The summed E-state index contributed by atoms with van der Waals surface area (Å²) in [5.41, 5.74) is 2.06. The maximum atomic E-state index is 13.3. The van der Waals surface area contributed by atoms with Crippen molar-refractivity contribution in [1.82, 2.24) is 4.90 Å². The van der Waals surface area contributed by atoms with Gasteiger partial charge in [0.2, 0.25) is 0 Å². The number of amides is 2. The summed E-state index contributed by atoms with van der Waals surface area (Å²) in [6.45, 7) is 4.74. The van der Waals surface area contributed by atoms with E-state index in [0.717, 1.165) is 5.69 Å². The number of imide groups is 1. The van der Waals surface area contributed by atoms with Crippen molar-refractivity contribution >= 4 is 23.1 Å². The number of nitrogens with zero attached hydrogens (tertiary/aromatic N) is 2. The van der Waals surface area contributed by atoms with Crippen molar-refractivity contribution in [3.05, 3.63) is 71.7 Å². The van der Waals surface area contributed by atoms with Gasteiger partial charge in [-0.3, -0.25) is 14.5 Å². The molecule has 0 radical (unpaired) electrons. The van der Waals surface area contributed by atoms with E-state index in [1.54, 1.807) is 12.1 Å². The summed E-state index contributed by atoms with van der Waals surface area (Å²) in [6.07, 6.45) is 0.679. The van der Waals surface area contributed by atoms with Crippen molar-refractivity contribution in [1.29, 1.82) is 0 Å². The third kappa shape index (κ3) is 3.12. The van der Waals surface area contributed by atoms with Gasteiger partial charge in [0.15, 0.2) is 0 Å². The van der Waals surface area contributed by atoms with Gasteiger partial charge in [-0.1, -0.05) is 37.3 Å². The van der Waals surface area contributed by atoms with Gasteiger partial charge in [-0.15, -0.1) is 0 Å². The molecule has 0 saturated carbocycles. The zero-order valence-electron chi connectivity index (χ0n) is 14.9. The molecule has 26 heavy (non-hydrogen) atoms. The fraction of sp³-hybridized carbons (Fsp3) is 0.238. The third-order valence-corrected chi connectivity index (χ3v) is 4.38. The van der Waals surface area contributed by atoms with Gasteiger partial charge in [-0.25, -0.2) is 4.39 Å². The average molecular weight is 352 g/mol. The van der Waals surface area contributed by atoms with Crippen molar-refractivity contribution < 1.29 is 14.0 Å². The molecule has 2 aromatic rings. The molecular weight excluding hydrogens is 331 g/mol. The highest BCUT2D eigenvalue weighted by Gasteiger charge is 2.41. The lowest BCUT2D eigenvalue weighted by Crippen LogP contribution is -2.35. The minimum absolute atomic E-state index is 0.304. The molecule has 3 rings (SSSR count). The lowest BCUT2D eigenvalue weighted by molar-refractivity contribution is -0.136. The Morgan fingerprint density at radius 3 is 2.15 bits per heavy atom. The van der Waals surface area contributed by atoms with Gasteiger partial charge in [-0.2, -0.15) is 0 Å². The zero-order chi connectivity index (χ0) is 18.7. The van der Waals surface area contributed by atoms with Gasteiger partial charge in [0.05, 0.1) is 5.57 Å². The number of para-hydroxylation sites is 1. The van der Waals surface area contributed by atoms with Crippen molar-refractivity contribution in [2.45, 2.75) is 20.3 Å². The standard InChI is InChI=1S/C21H21FN2O2/c1-3-14-24-20(25)18(15-10-12-16(22)13-11-15)19(21(24)26)23(4-2)17-8-6-5-7-9-17/h5-13H,3-4,14H2,1-2H3. The number of rotatable bonds is 6. The fourth-order valence-corrected chi connectivity index (χ4v) is 3.19. The molecule has 0 bridgehead atoms. The maximum absolute atomic E-state index is 13.3. The molecule has 0 fully saturated rings. The summed E-state index contributed by atoms with van der Waals surface area (Å²) in [4.78, 5) is 29.2. The van der Waals surface area contributed by atoms with Crippen LogP contribution in [-0.2, 0) is 9.59 Å². The highest BCUT2D eigenvalue weighted by atomic mass is 19.1. The molecule has 1 aliphatic heterocycles. The second-order valence-electron chi connectivity index (χ2n) is 6.07. The Morgan fingerprint density at radius 1 is 0.923 bits per heavy atom. The lowest BCUT2D eigenvalue weighted by atomic mass is 10.0. The molecule has 0 aliphatic carbocycles. The number of hydrogen-bond acceptors (Lipinski definition) is 3. The number of halogens is 1. The molecule has 134 valence electrons. The van der Waals surface area contributed by atoms with Gasteiger partial charge in [0, 0.05) is 18.8 Å². The van der Waals surface area contributed by atoms with Crippen LogP contribution >= 0.6 is 0 Å². The molecule has 0 atom stereocenters. The number of benzene rings is 2. The van der Waals surface area contributed by atoms with E-state index in [9.17, 15) is 14.0 Å². The topological polar surface area (TPSA) is 40.6 Å². The van der Waals surface area contributed by atoms with E-state index in [2.05, 4.69) is 0 Å². The van der Waals surface area contributed by atoms with Crippen molar-refractivity contribution in [2.75, 3.05) is 18.0 Å². The lowest BCUT2D eigenvalue weighted by Gasteiger charge is -2.24. The highest BCUT2D eigenvalue weighted by molar-refractivity contribution is 6.36. The van der Waals surface area contributed by atoms with Crippen LogP contribution in [0.25, 0.3) is 5.57 Å². The van der Waals surface area contributed by atoms with Crippen LogP contribution in [0, 0.1) is 5.82 Å². The Hall–Kier alpha value is -2.95. The smallest absolute Gasteiger partial charge is 0.278 e. The normalized spacial score (nSPS) is 14.3. The number of carbonyl (C=O) groups excluding carboxylic acids is 2. The first-order valence-electron chi connectivity index (χ1n) is 8.77. The number of anilines is 1. The number of likely N-dealkylation sites (N-methyl/N-ethyl adjacent to an activating group) is 1. The maximum Gasteiger partial charge on any atom is 0.278 e. The molecule has 4 nitrogen and oxygen atoms in total. The molecular formula is C21H21FN2O2. The largest absolute Gasteiger partial charge is 0.337 e. The Labute approximate surface area is 152 Å². The molecule has 2 aromatic carbocycles. The SMILES string of the molecule is CCCN1C(=O)C(c2ccc(F)cc2)=C(N(CC)c2ccccc2)C1=O. The monoisotopic (exact) mass is 352 g/mol. The van der Waals surface area contributed by atoms with E-state index in [1.165, 1.54) is 17.0 Å². The summed E-state index contributed by atoms with van der Waals surface area (Å²) in [5, 5.41) is 0. The first kappa shape index (κ1) is 17.9. The van der Waals surface area contributed by atoms with Crippen LogP contribution in [0.5, 0.6) is 0 Å². The first-order chi connectivity index (χ1) is 12.6. The van der Waals surface area contributed by atoms with Gasteiger partial charge < -0.3 is 4.90 Å². The first-order valence-corrected chi connectivity index (χ1v) is 8.77. The quantitative estimate of drug-likeness (QED) is 0.742. The van der Waals surface area contributed by atoms with Gasteiger partial charge in [-0.05, 0) is 43.2 Å². The minimum atomic E-state index is -0.381. The van der Waals surface area contributed by atoms with E-state index in [-0.39, 0.29) is 17.6 Å². The molecule has 0 aromatic heterocycles. The highest BCUT2D eigenvalue weighted by Crippen LogP contribution is 2.34. The zero-order valence-corrected chi connectivity index (χ0v) is 14.9. The predicted molar refractivity (Wildman–Crippen MR) is 99.8 cm³/mol. The molecule has 2 amide bonds. The Kier molecular flexibility index (Phi) is 5.16. The molecule has 0 saturated heterocycles. The van der Waals surface area contributed by atoms with Gasteiger partial charge in [0.25, 0.3) is 11.8 Å². The van der Waals surface area contributed by atoms with E-state index in [0.29, 0.717) is 36.3 Å². The molecule has 1 aliphatic rings. The van der Waals surface area contributed by atoms with Crippen LogP contribution < -0.4 is 4.90 Å². The number of carbonyl (C=O) groups is 2. The third-order valence-electron chi connectivity index (χ3n) is 4.38. The van der Waals surface area contributed by atoms with Crippen molar-refractivity contribution in [3.63, 3.8) is 0 Å². The summed E-state index contributed by atoms with van der Waals surface area (Å²) in [5.74, 6) is -1.01. The predicted octanol–water partition coefficient (Wildman–Crippen LogP) is 3.84. The van der Waals surface area contributed by atoms with Crippen molar-refractivity contribution in [3.8, 4) is 0 Å². The van der Waals surface area contributed by atoms with Crippen LogP contribution in [0.1, 0.15) is 25.8 Å². The Morgan fingerprint density at radius 2 is 1.58 bits per heavy atom. The average Bonchev–Trinajstić information content (AvgIpc) is 2.89. The molecule has 0 spiro atoms. The molecule has 0 unspecified atom stereocenters. The van der Waals surface area contributed by atoms with Crippen molar-refractivity contribution in [2.24, 2.45) is 0 Å². The second kappa shape index (κ2) is 7.52. The fourth-order valence-electron chi connectivity index (χ4n) is 3.19. The van der Waals surface area contributed by atoms with Gasteiger partial charge >= 0.3 is 0 Å². The summed E-state index contributed by atoms with van der Waals surface area (Å²) < 4.78 is 13.3. The van der Waals surface area contributed by atoms with Gasteiger partial charge in [0.1, 0.15) is 11.5 Å². The minimum Gasteiger partial charge on any atom is -0.337 e. The van der Waals surface area contributed by atoms with Crippen LogP contribution in [0.15, 0.2) is 60.3 Å². The number of hydrogen-bond donors (Lipinski definition) is 0. The van der Waals surface area contributed by atoms with E-state index >= 15 is 0 Å². The summed E-state index contributed by atoms with van der Waals surface area (Å²) >= 11 is 0. The van der Waals surface area contributed by atoms with E-state index in [4.69, 9.17) is 0 Å². The van der Waals surface area contributed by atoms with Crippen LogP contribution in [-0.4, -0.2) is 29.8 Å². The summed E-state index contributed by atoms with van der Waals surface area (Å²) in [7, 11) is 0. The molecule has 5 heteroatoms. The second-order valence-corrected chi connectivity index (χ2v) is 6.07. The van der Waals surface area contributed by atoms with E-state index in [1.807, 2.05) is 49.1 Å². The van der Waals surface area contributed by atoms with E-state index < -0.39 is 0 Å². The molecule has 1 heterocycles. The van der Waals surface area contributed by atoms with Crippen LogP contribution in [0.4, 0.5) is 10.1 Å². The van der Waals surface area contributed by atoms with Crippen LogP contribution in [0.2, 0.25) is 0 Å².